The molecule has 2 atom stereocenters. The molecule has 3 N–H and O–H groups in total. The summed E-state index contributed by atoms with van der Waals surface area (Å²) in [6.45, 7) is 6.07. The molecule has 0 aromatic heterocycles. The molecule has 0 aromatic carbocycles. The second kappa shape index (κ2) is 7.12. The minimum atomic E-state index is -0.0310. The summed E-state index contributed by atoms with van der Waals surface area (Å²) < 4.78 is 0. The first-order valence-electron chi connectivity index (χ1n) is 5.01. The number of rotatable bonds is 6. The zero-order valence-electron chi connectivity index (χ0n) is 9.54. The molecule has 0 saturated carbocycles. The fraction of sp³-hybridized carbons (Fsp3) is 0.900. The quantitative estimate of drug-likeness (QED) is 0.705. The molecule has 0 aliphatic heterocycles. The SMILES string of the molecule is CSCC(C)NC(=O)CC(N)C(C)C. The number of hydrogen-bond donors (Lipinski definition) is 2. The van der Waals surface area contributed by atoms with Gasteiger partial charge in [0, 0.05) is 24.3 Å². The molecule has 0 aromatic rings. The van der Waals surface area contributed by atoms with Gasteiger partial charge in [0.1, 0.15) is 0 Å². The largest absolute Gasteiger partial charge is 0.353 e. The molecule has 4 heteroatoms. The summed E-state index contributed by atoms with van der Waals surface area (Å²) in [5.74, 6) is 1.37. The van der Waals surface area contributed by atoms with E-state index in [1.807, 2.05) is 27.0 Å². The molecule has 14 heavy (non-hydrogen) atoms. The van der Waals surface area contributed by atoms with Gasteiger partial charge in [0.05, 0.1) is 0 Å². The molecule has 0 aliphatic rings. The normalized spacial score (nSPS) is 15.3. The highest BCUT2D eigenvalue weighted by Gasteiger charge is 2.14. The molecule has 3 nitrogen and oxygen atoms in total. The van der Waals surface area contributed by atoms with Crippen molar-refractivity contribution in [3.05, 3.63) is 0 Å². The van der Waals surface area contributed by atoms with Gasteiger partial charge >= 0.3 is 0 Å². The molecule has 0 heterocycles. The maximum atomic E-state index is 11.4. The van der Waals surface area contributed by atoms with Crippen LogP contribution in [0.4, 0.5) is 0 Å². The first-order valence-corrected chi connectivity index (χ1v) is 6.40. The smallest absolute Gasteiger partial charge is 0.221 e. The minimum absolute atomic E-state index is 0.0310. The van der Waals surface area contributed by atoms with Crippen LogP contribution in [0.3, 0.4) is 0 Å². The van der Waals surface area contributed by atoms with Gasteiger partial charge in [-0.1, -0.05) is 13.8 Å². The molecule has 1 amide bonds. The molecule has 0 spiro atoms. The van der Waals surface area contributed by atoms with Crippen LogP contribution in [-0.4, -0.2) is 30.0 Å². The van der Waals surface area contributed by atoms with Crippen molar-refractivity contribution in [2.45, 2.75) is 39.3 Å². The lowest BCUT2D eigenvalue weighted by atomic mass is 10.0. The summed E-state index contributed by atoms with van der Waals surface area (Å²) >= 11 is 1.73. The Morgan fingerprint density at radius 2 is 2.00 bits per heavy atom. The van der Waals surface area contributed by atoms with Crippen LogP contribution < -0.4 is 11.1 Å². The van der Waals surface area contributed by atoms with Gasteiger partial charge in [-0.25, -0.2) is 0 Å². The van der Waals surface area contributed by atoms with Crippen molar-refractivity contribution in [3.8, 4) is 0 Å². The van der Waals surface area contributed by atoms with E-state index in [4.69, 9.17) is 5.73 Å². The van der Waals surface area contributed by atoms with E-state index in [0.29, 0.717) is 12.3 Å². The topological polar surface area (TPSA) is 55.1 Å². The zero-order chi connectivity index (χ0) is 11.1. The van der Waals surface area contributed by atoms with Crippen molar-refractivity contribution < 1.29 is 4.79 Å². The van der Waals surface area contributed by atoms with Gasteiger partial charge in [0.2, 0.25) is 5.91 Å². The third-order valence-electron chi connectivity index (χ3n) is 2.10. The second-order valence-corrected chi connectivity index (χ2v) is 4.95. The maximum absolute atomic E-state index is 11.4. The molecular formula is C10H22N2OS. The number of carbonyl (C=O) groups is 1. The van der Waals surface area contributed by atoms with E-state index in [2.05, 4.69) is 5.32 Å². The van der Waals surface area contributed by atoms with Crippen molar-refractivity contribution in [1.29, 1.82) is 0 Å². The Hall–Kier alpha value is -0.220. The van der Waals surface area contributed by atoms with Crippen LogP contribution in [0.15, 0.2) is 0 Å². The van der Waals surface area contributed by atoms with Gasteiger partial charge in [-0.15, -0.1) is 0 Å². The Labute approximate surface area is 91.2 Å². The van der Waals surface area contributed by atoms with E-state index in [1.54, 1.807) is 11.8 Å². The highest BCUT2D eigenvalue weighted by Crippen LogP contribution is 2.03. The standard InChI is InChI=1S/C10H22N2OS/c1-7(2)9(11)5-10(13)12-8(3)6-14-4/h7-9H,5-6,11H2,1-4H3,(H,12,13). The van der Waals surface area contributed by atoms with Crippen molar-refractivity contribution in [2.75, 3.05) is 12.0 Å². The number of nitrogens with one attached hydrogen (secondary N) is 1. The maximum Gasteiger partial charge on any atom is 0.221 e. The van der Waals surface area contributed by atoms with Crippen molar-refractivity contribution in [3.63, 3.8) is 0 Å². The summed E-state index contributed by atoms with van der Waals surface area (Å²) in [5, 5.41) is 2.93. The van der Waals surface area contributed by atoms with E-state index in [-0.39, 0.29) is 18.0 Å². The van der Waals surface area contributed by atoms with E-state index >= 15 is 0 Å². The van der Waals surface area contributed by atoms with Crippen LogP contribution >= 0.6 is 11.8 Å². The van der Waals surface area contributed by atoms with E-state index in [9.17, 15) is 4.79 Å². The second-order valence-electron chi connectivity index (χ2n) is 4.04. The number of hydrogen-bond acceptors (Lipinski definition) is 3. The predicted octanol–water partition coefficient (Wildman–Crippen LogP) is 1.23. The van der Waals surface area contributed by atoms with Gasteiger partial charge in [-0.05, 0) is 19.1 Å². The molecule has 0 aliphatic carbocycles. The van der Waals surface area contributed by atoms with Gasteiger partial charge in [0.15, 0.2) is 0 Å². The third kappa shape index (κ3) is 6.27. The van der Waals surface area contributed by atoms with Crippen LogP contribution in [0, 0.1) is 5.92 Å². The molecule has 2 unspecified atom stereocenters. The Bertz CT molecular complexity index is 174. The van der Waals surface area contributed by atoms with Crippen LogP contribution in [0.2, 0.25) is 0 Å². The molecule has 0 rings (SSSR count). The van der Waals surface area contributed by atoms with Gasteiger partial charge in [-0.3, -0.25) is 4.79 Å². The number of amides is 1. The minimum Gasteiger partial charge on any atom is -0.353 e. The van der Waals surface area contributed by atoms with Gasteiger partial charge in [-0.2, -0.15) is 11.8 Å². The summed E-state index contributed by atoms with van der Waals surface area (Å²) in [5.41, 5.74) is 5.80. The lowest BCUT2D eigenvalue weighted by molar-refractivity contribution is -0.122. The Balaban J connectivity index is 3.75. The Kier molecular flexibility index (Phi) is 7.01. The highest BCUT2D eigenvalue weighted by atomic mass is 32.2. The van der Waals surface area contributed by atoms with Crippen molar-refractivity contribution in [2.24, 2.45) is 11.7 Å². The van der Waals surface area contributed by atoms with Crippen molar-refractivity contribution in [1.82, 2.24) is 5.32 Å². The fourth-order valence-electron chi connectivity index (χ4n) is 1.08. The van der Waals surface area contributed by atoms with Crippen molar-refractivity contribution >= 4 is 17.7 Å². The van der Waals surface area contributed by atoms with E-state index in [1.165, 1.54) is 0 Å². The van der Waals surface area contributed by atoms with E-state index in [0.717, 1.165) is 5.75 Å². The van der Waals surface area contributed by atoms with Crippen LogP contribution in [0.1, 0.15) is 27.2 Å². The number of thioether (sulfide) groups is 1. The van der Waals surface area contributed by atoms with E-state index < -0.39 is 0 Å². The molecular weight excluding hydrogens is 196 g/mol. The van der Waals surface area contributed by atoms with Gasteiger partial charge in [0.25, 0.3) is 0 Å². The number of carbonyl (C=O) groups excluding carboxylic acids is 1. The first kappa shape index (κ1) is 13.8. The summed E-state index contributed by atoms with van der Waals surface area (Å²) in [6.07, 6.45) is 2.46. The fourth-order valence-corrected chi connectivity index (χ4v) is 1.66. The third-order valence-corrected chi connectivity index (χ3v) is 2.93. The van der Waals surface area contributed by atoms with Crippen LogP contribution in [0.5, 0.6) is 0 Å². The van der Waals surface area contributed by atoms with Crippen LogP contribution in [0.25, 0.3) is 0 Å². The zero-order valence-corrected chi connectivity index (χ0v) is 10.4. The molecule has 0 radical (unpaired) electrons. The first-order chi connectivity index (χ1) is 6.47. The average molecular weight is 218 g/mol. The van der Waals surface area contributed by atoms with Gasteiger partial charge < -0.3 is 11.1 Å². The summed E-state index contributed by atoms with van der Waals surface area (Å²) in [4.78, 5) is 11.4. The summed E-state index contributed by atoms with van der Waals surface area (Å²) in [7, 11) is 0. The Morgan fingerprint density at radius 1 is 1.43 bits per heavy atom. The number of nitrogens with two attached hydrogens (primary N) is 1. The highest BCUT2D eigenvalue weighted by molar-refractivity contribution is 7.98. The monoisotopic (exact) mass is 218 g/mol. The lowest BCUT2D eigenvalue weighted by Crippen LogP contribution is -2.39. The predicted molar refractivity (Wildman–Crippen MR) is 63.4 cm³/mol. The average Bonchev–Trinajstić information content (AvgIpc) is 2.03. The molecule has 0 fully saturated rings. The molecule has 0 bridgehead atoms. The van der Waals surface area contributed by atoms with Crippen LogP contribution in [-0.2, 0) is 4.79 Å². The molecule has 84 valence electrons. The Morgan fingerprint density at radius 3 is 2.43 bits per heavy atom. The summed E-state index contributed by atoms with van der Waals surface area (Å²) in [6, 6.07) is 0.202. The lowest BCUT2D eigenvalue weighted by Gasteiger charge is -2.17. The molecule has 0 saturated heterocycles.